The molecule has 1 aliphatic heterocycles. The summed E-state index contributed by atoms with van der Waals surface area (Å²) in [5.41, 5.74) is 1.25. The van der Waals surface area contributed by atoms with Gasteiger partial charge < -0.3 is 9.47 Å². The Morgan fingerprint density at radius 3 is 2.50 bits per heavy atom. The van der Waals surface area contributed by atoms with E-state index in [-0.39, 0.29) is 0 Å². The summed E-state index contributed by atoms with van der Waals surface area (Å²) in [6, 6.07) is 6.06. The summed E-state index contributed by atoms with van der Waals surface area (Å²) >= 11 is 4.39. The summed E-state index contributed by atoms with van der Waals surface area (Å²) in [6.45, 7) is 3.09. The van der Waals surface area contributed by atoms with Crippen molar-refractivity contribution in [2.75, 3.05) is 27.3 Å². The van der Waals surface area contributed by atoms with Crippen molar-refractivity contribution in [3.05, 3.63) is 23.8 Å². The highest BCUT2D eigenvalue weighted by atomic mass is 32.1. The Balaban J connectivity index is 2.04. The van der Waals surface area contributed by atoms with Crippen LogP contribution in [0.25, 0.3) is 0 Å². The first-order chi connectivity index (χ1) is 7.72. The third-order valence-corrected chi connectivity index (χ3v) is 3.12. The maximum Gasteiger partial charge on any atom is 0.161 e. The molecule has 3 nitrogen and oxygen atoms in total. The molecule has 0 saturated carbocycles. The van der Waals surface area contributed by atoms with Crippen LogP contribution >= 0.6 is 12.6 Å². The number of hydrogen-bond acceptors (Lipinski definition) is 4. The van der Waals surface area contributed by atoms with Gasteiger partial charge in [-0.25, -0.2) is 0 Å². The Bertz CT molecular complexity index is 364. The molecule has 0 unspecified atom stereocenters. The first-order valence-corrected chi connectivity index (χ1v) is 5.86. The maximum atomic E-state index is 5.27. The summed E-state index contributed by atoms with van der Waals surface area (Å²) < 4.78 is 10.5. The van der Waals surface area contributed by atoms with Crippen molar-refractivity contribution in [2.24, 2.45) is 0 Å². The number of methoxy groups -OCH3 is 2. The SMILES string of the molecule is COc1ccc(CN2CC(S)C2)cc1OC. The molecular formula is C12H17NO2S. The third kappa shape index (κ3) is 2.44. The third-order valence-electron chi connectivity index (χ3n) is 2.79. The number of ether oxygens (including phenoxy) is 2. The highest BCUT2D eigenvalue weighted by Crippen LogP contribution is 2.28. The van der Waals surface area contributed by atoms with Crippen LogP contribution in [0, 0.1) is 0 Å². The zero-order chi connectivity index (χ0) is 11.5. The molecule has 1 aromatic carbocycles. The standard InChI is InChI=1S/C12H17NO2S/c1-14-11-4-3-9(5-12(11)15-2)6-13-7-10(16)8-13/h3-5,10,16H,6-8H2,1-2H3. The molecule has 0 aromatic heterocycles. The van der Waals surface area contributed by atoms with Gasteiger partial charge in [-0.1, -0.05) is 6.07 Å². The van der Waals surface area contributed by atoms with Crippen LogP contribution in [-0.4, -0.2) is 37.5 Å². The zero-order valence-corrected chi connectivity index (χ0v) is 10.5. The molecule has 0 atom stereocenters. The lowest BCUT2D eigenvalue weighted by molar-refractivity contribution is 0.182. The van der Waals surface area contributed by atoms with E-state index >= 15 is 0 Å². The summed E-state index contributed by atoms with van der Waals surface area (Å²) in [5.74, 6) is 1.57. The van der Waals surface area contributed by atoms with Crippen molar-refractivity contribution < 1.29 is 9.47 Å². The first kappa shape index (κ1) is 11.6. The summed E-state index contributed by atoms with van der Waals surface area (Å²) in [6.07, 6.45) is 0. The van der Waals surface area contributed by atoms with E-state index in [2.05, 4.69) is 23.6 Å². The van der Waals surface area contributed by atoms with Crippen LogP contribution in [0.1, 0.15) is 5.56 Å². The molecule has 1 aromatic rings. The highest BCUT2D eigenvalue weighted by Gasteiger charge is 2.23. The molecule has 0 amide bonds. The normalized spacial score (nSPS) is 16.9. The highest BCUT2D eigenvalue weighted by molar-refractivity contribution is 7.81. The van der Waals surface area contributed by atoms with E-state index in [1.807, 2.05) is 12.1 Å². The van der Waals surface area contributed by atoms with Crippen molar-refractivity contribution in [1.29, 1.82) is 0 Å². The lowest BCUT2D eigenvalue weighted by Gasteiger charge is -2.36. The average Bonchev–Trinajstić information content (AvgIpc) is 2.27. The molecular weight excluding hydrogens is 222 g/mol. The summed E-state index contributed by atoms with van der Waals surface area (Å²) in [4.78, 5) is 2.36. The minimum atomic E-state index is 0.542. The van der Waals surface area contributed by atoms with Crippen LogP contribution in [0.5, 0.6) is 11.5 Å². The van der Waals surface area contributed by atoms with E-state index in [4.69, 9.17) is 9.47 Å². The molecule has 1 fully saturated rings. The van der Waals surface area contributed by atoms with Crippen LogP contribution < -0.4 is 9.47 Å². The van der Waals surface area contributed by atoms with E-state index in [1.54, 1.807) is 14.2 Å². The van der Waals surface area contributed by atoms with Crippen molar-refractivity contribution in [3.8, 4) is 11.5 Å². The molecule has 0 N–H and O–H groups in total. The van der Waals surface area contributed by atoms with Crippen LogP contribution in [0.4, 0.5) is 0 Å². The molecule has 0 radical (unpaired) electrons. The van der Waals surface area contributed by atoms with Gasteiger partial charge in [0.15, 0.2) is 11.5 Å². The Morgan fingerprint density at radius 1 is 1.25 bits per heavy atom. The fourth-order valence-electron chi connectivity index (χ4n) is 1.91. The first-order valence-electron chi connectivity index (χ1n) is 5.34. The molecule has 4 heteroatoms. The number of rotatable bonds is 4. The lowest BCUT2D eigenvalue weighted by atomic mass is 10.1. The Kier molecular flexibility index (Phi) is 3.61. The van der Waals surface area contributed by atoms with Crippen molar-refractivity contribution >= 4 is 12.6 Å². The van der Waals surface area contributed by atoms with Crippen molar-refractivity contribution in [2.45, 2.75) is 11.8 Å². The largest absolute Gasteiger partial charge is 0.493 e. The number of thiol groups is 1. The van der Waals surface area contributed by atoms with Crippen LogP contribution in [0.15, 0.2) is 18.2 Å². The summed E-state index contributed by atoms with van der Waals surface area (Å²) in [5, 5.41) is 0.542. The summed E-state index contributed by atoms with van der Waals surface area (Å²) in [7, 11) is 3.31. The van der Waals surface area contributed by atoms with Crippen LogP contribution in [-0.2, 0) is 6.54 Å². The fraction of sp³-hybridized carbons (Fsp3) is 0.500. The van der Waals surface area contributed by atoms with E-state index in [0.29, 0.717) is 5.25 Å². The van der Waals surface area contributed by atoms with Gasteiger partial charge in [-0.05, 0) is 17.7 Å². The van der Waals surface area contributed by atoms with Gasteiger partial charge in [0, 0.05) is 24.9 Å². The van der Waals surface area contributed by atoms with E-state index in [1.165, 1.54) is 5.56 Å². The number of hydrogen-bond donors (Lipinski definition) is 1. The van der Waals surface area contributed by atoms with Crippen LogP contribution in [0.3, 0.4) is 0 Å². The quantitative estimate of drug-likeness (QED) is 0.810. The van der Waals surface area contributed by atoms with Crippen molar-refractivity contribution in [1.82, 2.24) is 4.90 Å². The Labute approximate surface area is 102 Å². The fourth-order valence-corrected chi connectivity index (χ4v) is 2.37. The Hall–Kier alpha value is -0.870. The second-order valence-corrected chi connectivity index (χ2v) is 4.77. The van der Waals surface area contributed by atoms with Crippen molar-refractivity contribution in [3.63, 3.8) is 0 Å². The smallest absolute Gasteiger partial charge is 0.161 e. The lowest BCUT2D eigenvalue weighted by Crippen LogP contribution is -2.46. The monoisotopic (exact) mass is 239 g/mol. The average molecular weight is 239 g/mol. The van der Waals surface area contributed by atoms with Gasteiger partial charge in [0.2, 0.25) is 0 Å². The molecule has 88 valence electrons. The van der Waals surface area contributed by atoms with Gasteiger partial charge in [-0.2, -0.15) is 12.6 Å². The predicted octanol–water partition coefficient (Wildman–Crippen LogP) is 1.82. The minimum absolute atomic E-state index is 0.542. The number of likely N-dealkylation sites (tertiary alicyclic amines) is 1. The molecule has 1 heterocycles. The van der Waals surface area contributed by atoms with E-state index in [9.17, 15) is 0 Å². The maximum absolute atomic E-state index is 5.27. The Morgan fingerprint density at radius 2 is 1.94 bits per heavy atom. The molecule has 1 aliphatic rings. The predicted molar refractivity (Wildman–Crippen MR) is 67.6 cm³/mol. The van der Waals surface area contributed by atoms with Gasteiger partial charge in [0.05, 0.1) is 14.2 Å². The molecule has 0 spiro atoms. The number of nitrogens with zero attached hydrogens (tertiary/aromatic N) is 1. The molecule has 0 aliphatic carbocycles. The van der Waals surface area contributed by atoms with Crippen LogP contribution in [0.2, 0.25) is 0 Å². The zero-order valence-electron chi connectivity index (χ0n) is 9.64. The number of benzene rings is 1. The molecule has 1 saturated heterocycles. The van der Waals surface area contributed by atoms with Gasteiger partial charge in [-0.3, -0.25) is 4.90 Å². The molecule has 2 rings (SSSR count). The minimum Gasteiger partial charge on any atom is -0.493 e. The van der Waals surface area contributed by atoms with E-state index in [0.717, 1.165) is 31.1 Å². The second-order valence-electron chi connectivity index (χ2n) is 4.04. The van der Waals surface area contributed by atoms with Gasteiger partial charge in [0.25, 0.3) is 0 Å². The van der Waals surface area contributed by atoms with E-state index < -0.39 is 0 Å². The molecule has 0 bridgehead atoms. The topological polar surface area (TPSA) is 21.7 Å². The van der Waals surface area contributed by atoms with Gasteiger partial charge >= 0.3 is 0 Å². The van der Waals surface area contributed by atoms with Gasteiger partial charge in [0.1, 0.15) is 0 Å². The second kappa shape index (κ2) is 4.97. The molecule has 16 heavy (non-hydrogen) atoms. The van der Waals surface area contributed by atoms with Gasteiger partial charge in [-0.15, -0.1) is 0 Å².